The molecule has 2 heteroatoms. The molecular formula is C17H30N2. The van der Waals surface area contributed by atoms with Gasteiger partial charge in [-0.25, -0.2) is 0 Å². The summed E-state index contributed by atoms with van der Waals surface area (Å²) in [5.74, 6) is 0.711. The van der Waals surface area contributed by atoms with Crippen LogP contribution in [0.5, 0.6) is 0 Å². The first-order valence-corrected chi connectivity index (χ1v) is 7.74. The zero-order valence-electron chi connectivity index (χ0n) is 13.7. The maximum Gasteiger partial charge on any atom is 0.0657 e. The number of hydrogen-bond donors (Lipinski definition) is 0. The molecule has 1 aromatic heterocycles. The fraction of sp³-hybridized carbons (Fsp3) is 0.824. The van der Waals surface area contributed by atoms with Crippen molar-refractivity contribution < 1.29 is 0 Å². The number of aryl methyl sites for hydroxylation is 1. The first-order valence-electron chi connectivity index (χ1n) is 7.74. The predicted octanol–water partition coefficient (Wildman–Crippen LogP) is 4.64. The van der Waals surface area contributed by atoms with E-state index in [1.54, 1.807) is 0 Å². The van der Waals surface area contributed by atoms with Gasteiger partial charge in [0.25, 0.3) is 0 Å². The van der Waals surface area contributed by atoms with Crippen LogP contribution < -0.4 is 0 Å². The van der Waals surface area contributed by atoms with Gasteiger partial charge < -0.3 is 0 Å². The van der Waals surface area contributed by atoms with Gasteiger partial charge >= 0.3 is 0 Å². The Labute approximate surface area is 118 Å². The summed E-state index contributed by atoms with van der Waals surface area (Å²) < 4.78 is 2.14. The molecule has 108 valence electrons. The molecule has 1 aliphatic carbocycles. The molecular weight excluding hydrogens is 232 g/mol. The highest BCUT2D eigenvalue weighted by Crippen LogP contribution is 2.52. The van der Waals surface area contributed by atoms with Crippen LogP contribution in [0.25, 0.3) is 0 Å². The summed E-state index contributed by atoms with van der Waals surface area (Å²) in [5.41, 5.74) is 3.58. The van der Waals surface area contributed by atoms with Crippen molar-refractivity contribution in [2.24, 2.45) is 16.7 Å². The molecule has 2 nitrogen and oxygen atoms in total. The molecule has 1 aromatic rings. The van der Waals surface area contributed by atoms with Crippen LogP contribution in [0.15, 0.2) is 6.20 Å². The molecule has 1 aliphatic rings. The SMILES string of the molecule is CC(C)n1cc2c(n1)CCC(C(C)C)(C(C)(C)C)C2. The molecule has 0 aliphatic heterocycles. The fourth-order valence-corrected chi connectivity index (χ4v) is 3.86. The number of nitrogens with zero attached hydrogens (tertiary/aromatic N) is 2. The minimum absolute atomic E-state index is 0.346. The summed E-state index contributed by atoms with van der Waals surface area (Å²) in [7, 11) is 0. The summed E-state index contributed by atoms with van der Waals surface area (Å²) in [4.78, 5) is 0. The average molecular weight is 262 g/mol. The van der Waals surface area contributed by atoms with Crippen molar-refractivity contribution in [3.63, 3.8) is 0 Å². The van der Waals surface area contributed by atoms with E-state index in [4.69, 9.17) is 5.10 Å². The van der Waals surface area contributed by atoms with Crippen molar-refractivity contribution in [2.45, 2.75) is 73.8 Å². The normalized spacial score (nSPS) is 24.1. The second-order valence-electron chi connectivity index (χ2n) is 7.91. The molecule has 0 amide bonds. The van der Waals surface area contributed by atoms with E-state index in [1.165, 1.54) is 24.1 Å². The van der Waals surface area contributed by atoms with E-state index in [0.717, 1.165) is 6.42 Å². The lowest BCUT2D eigenvalue weighted by molar-refractivity contribution is 0.0147. The Bertz CT molecular complexity index is 448. The third kappa shape index (κ3) is 2.34. The molecule has 1 atom stereocenters. The van der Waals surface area contributed by atoms with Gasteiger partial charge in [-0.05, 0) is 55.4 Å². The molecule has 0 saturated heterocycles. The molecule has 0 spiro atoms. The van der Waals surface area contributed by atoms with E-state index in [1.807, 2.05) is 0 Å². The molecule has 1 unspecified atom stereocenters. The Morgan fingerprint density at radius 3 is 2.32 bits per heavy atom. The Morgan fingerprint density at radius 1 is 1.21 bits per heavy atom. The van der Waals surface area contributed by atoms with E-state index in [9.17, 15) is 0 Å². The quantitative estimate of drug-likeness (QED) is 0.759. The van der Waals surface area contributed by atoms with E-state index >= 15 is 0 Å². The van der Waals surface area contributed by atoms with Gasteiger partial charge in [-0.3, -0.25) is 4.68 Å². The summed E-state index contributed by atoms with van der Waals surface area (Å²) in [5, 5.41) is 4.77. The molecule has 2 rings (SSSR count). The highest BCUT2D eigenvalue weighted by molar-refractivity contribution is 5.24. The van der Waals surface area contributed by atoms with Crippen molar-refractivity contribution in [2.75, 3.05) is 0 Å². The Balaban J connectivity index is 2.39. The van der Waals surface area contributed by atoms with Crippen molar-refractivity contribution in [3.8, 4) is 0 Å². The summed E-state index contributed by atoms with van der Waals surface area (Å²) in [6.07, 6.45) is 5.90. The van der Waals surface area contributed by atoms with Gasteiger partial charge in [-0.2, -0.15) is 5.10 Å². The Morgan fingerprint density at radius 2 is 1.84 bits per heavy atom. The first kappa shape index (κ1) is 14.6. The summed E-state index contributed by atoms with van der Waals surface area (Å²) >= 11 is 0. The van der Waals surface area contributed by atoms with Crippen LogP contribution in [0.2, 0.25) is 0 Å². The largest absolute Gasteiger partial charge is 0.270 e. The third-order valence-corrected chi connectivity index (χ3v) is 5.34. The molecule has 0 bridgehead atoms. The molecule has 0 fully saturated rings. The van der Waals surface area contributed by atoms with E-state index in [2.05, 4.69) is 59.3 Å². The van der Waals surface area contributed by atoms with E-state index < -0.39 is 0 Å². The van der Waals surface area contributed by atoms with Crippen molar-refractivity contribution in [3.05, 3.63) is 17.5 Å². The maximum absolute atomic E-state index is 4.77. The van der Waals surface area contributed by atoms with Crippen LogP contribution in [-0.4, -0.2) is 9.78 Å². The summed E-state index contributed by atoms with van der Waals surface area (Å²) in [6.45, 7) is 16.4. The van der Waals surface area contributed by atoms with Crippen LogP contribution in [0.1, 0.15) is 72.2 Å². The van der Waals surface area contributed by atoms with Gasteiger partial charge in [-0.1, -0.05) is 34.6 Å². The van der Waals surface area contributed by atoms with Gasteiger partial charge in [-0.15, -0.1) is 0 Å². The number of rotatable bonds is 2. The molecule has 0 aromatic carbocycles. The average Bonchev–Trinajstić information content (AvgIpc) is 2.69. The minimum atomic E-state index is 0.346. The number of aromatic nitrogens is 2. The van der Waals surface area contributed by atoms with Crippen LogP contribution in [0.4, 0.5) is 0 Å². The highest BCUT2D eigenvalue weighted by atomic mass is 15.3. The monoisotopic (exact) mass is 262 g/mol. The minimum Gasteiger partial charge on any atom is -0.270 e. The van der Waals surface area contributed by atoms with Crippen molar-refractivity contribution in [1.29, 1.82) is 0 Å². The maximum atomic E-state index is 4.77. The standard InChI is InChI=1S/C17H30N2/c1-12(2)17(16(5,6)7)9-8-15-14(10-17)11-19(18-15)13(3)4/h11-13H,8-10H2,1-7H3. The molecule has 0 N–H and O–H groups in total. The highest BCUT2D eigenvalue weighted by Gasteiger charge is 2.46. The third-order valence-electron chi connectivity index (χ3n) is 5.34. The molecule has 19 heavy (non-hydrogen) atoms. The van der Waals surface area contributed by atoms with Gasteiger partial charge in [0, 0.05) is 12.2 Å². The summed E-state index contributed by atoms with van der Waals surface area (Å²) in [6, 6.07) is 0.466. The van der Waals surface area contributed by atoms with Gasteiger partial charge in [0.15, 0.2) is 0 Å². The fourth-order valence-electron chi connectivity index (χ4n) is 3.86. The van der Waals surface area contributed by atoms with E-state index in [0.29, 0.717) is 22.8 Å². The van der Waals surface area contributed by atoms with Crippen molar-refractivity contribution >= 4 is 0 Å². The smallest absolute Gasteiger partial charge is 0.0657 e. The Kier molecular flexibility index (Phi) is 3.57. The molecule has 1 heterocycles. The van der Waals surface area contributed by atoms with Crippen LogP contribution in [-0.2, 0) is 12.8 Å². The van der Waals surface area contributed by atoms with Gasteiger partial charge in [0.1, 0.15) is 0 Å². The number of hydrogen-bond acceptors (Lipinski definition) is 1. The lowest BCUT2D eigenvalue weighted by atomic mass is 9.54. The van der Waals surface area contributed by atoms with Crippen LogP contribution >= 0.6 is 0 Å². The van der Waals surface area contributed by atoms with E-state index in [-0.39, 0.29) is 0 Å². The van der Waals surface area contributed by atoms with Crippen LogP contribution in [0, 0.1) is 16.7 Å². The topological polar surface area (TPSA) is 17.8 Å². The first-order chi connectivity index (χ1) is 8.67. The zero-order valence-corrected chi connectivity index (χ0v) is 13.7. The molecule has 0 radical (unpaired) electrons. The molecule has 0 saturated carbocycles. The lowest BCUT2D eigenvalue weighted by Gasteiger charge is -2.50. The zero-order chi connectivity index (χ0) is 14.4. The number of fused-ring (bicyclic) bond motifs is 1. The van der Waals surface area contributed by atoms with Crippen LogP contribution in [0.3, 0.4) is 0 Å². The predicted molar refractivity (Wildman–Crippen MR) is 81.4 cm³/mol. The van der Waals surface area contributed by atoms with Gasteiger partial charge in [0.05, 0.1) is 5.69 Å². The lowest BCUT2D eigenvalue weighted by Crippen LogP contribution is -2.44. The Hall–Kier alpha value is -0.790. The second-order valence-corrected chi connectivity index (χ2v) is 7.91. The van der Waals surface area contributed by atoms with Crippen molar-refractivity contribution in [1.82, 2.24) is 9.78 Å². The van der Waals surface area contributed by atoms with Gasteiger partial charge in [0.2, 0.25) is 0 Å². The second kappa shape index (κ2) is 4.64.